The summed E-state index contributed by atoms with van der Waals surface area (Å²) >= 11 is 7.22. The Hall–Kier alpha value is -4.25. The zero-order valence-corrected chi connectivity index (χ0v) is 23.0. The van der Waals surface area contributed by atoms with Gasteiger partial charge in [-0.05, 0) is 60.5 Å². The number of hydrogen-bond acceptors (Lipinski definition) is 9. The number of hydrogen-bond donors (Lipinski definition) is 0. The van der Waals surface area contributed by atoms with Gasteiger partial charge in [-0.2, -0.15) is 0 Å². The molecule has 1 aliphatic rings. The fraction of sp³-hybridized carbons (Fsp3) is 0.172. The molecule has 0 radical (unpaired) electrons. The van der Waals surface area contributed by atoms with Crippen molar-refractivity contribution in [1.29, 1.82) is 0 Å². The number of nitrogens with zero attached hydrogens (tertiary/aromatic N) is 2. The number of thiazole rings is 1. The van der Waals surface area contributed by atoms with E-state index in [4.69, 9.17) is 30.2 Å². The Morgan fingerprint density at radius 2 is 1.82 bits per heavy atom. The maximum absolute atomic E-state index is 13.7. The summed E-state index contributed by atoms with van der Waals surface area (Å²) in [6.07, 6.45) is 3.13. The molecule has 9 nitrogen and oxygen atoms in total. The Bertz CT molecular complexity index is 1750. The number of fused-ring (bicyclic) bond motifs is 1. The van der Waals surface area contributed by atoms with E-state index in [9.17, 15) is 14.4 Å². The number of benzene rings is 2. The van der Waals surface area contributed by atoms with Crippen LogP contribution in [-0.2, 0) is 14.3 Å². The molecule has 4 aromatic rings. The summed E-state index contributed by atoms with van der Waals surface area (Å²) in [5, 5.41) is 0.587. The lowest BCUT2D eigenvalue weighted by Crippen LogP contribution is -2.40. The molecule has 2 aromatic carbocycles. The van der Waals surface area contributed by atoms with Crippen molar-refractivity contribution in [3.8, 4) is 5.75 Å². The third-order valence-corrected chi connectivity index (χ3v) is 7.29. The molecular weight excluding hydrogens is 556 g/mol. The van der Waals surface area contributed by atoms with Crippen LogP contribution in [0.25, 0.3) is 6.08 Å². The average molecular weight is 579 g/mol. The van der Waals surface area contributed by atoms with Crippen LogP contribution in [0.15, 0.2) is 92.4 Å². The molecule has 0 aliphatic carbocycles. The van der Waals surface area contributed by atoms with Crippen molar-refractivity contribution in [2.75, 3.05) is 20.3 Å². The molecule has 40 heavy (non-hydrogen) atoms. The second-order valence-corrected chi connectivity index (χ2v) is 10.1. The lowest BCUT2D eigenvalue weighted by molar-refractivity contribution is -0.140. The van der Waals surface area contributed by atoms with E-state index in [1.54, 1.807) is 55.5 Å². The van der Waals surface area contributed by atoms with E-state index in [0.717, 1.165) is 5.56 Å². The van der Waals surface area contributed by atoms with Crippen molar-refractivity contribution in [3.05, 3.63) is 120 Å². The summed E-state index contributed by atoms with van der Waals surface area (Å²) in [7, 11) is 1.51. The summed E-state index contributed by atoms with van der Waals surface area (Å²) in [5.41, 5.74) is 1.74. The third kappa shape index (κ3) is 5.69. The quantitative estimate of drug-likeness (QED) is 0.177. The highest BCUT2D eigenvalue weighted by Crippen LogP contribution is 2.31. The summed E-state index contributed by atoms with van der Waals surface area (Å²) in [6.45, 7) is 1.97. The van der Waals surface area contributed by atoms with Gasteiger partial charge in [0.15, 0.2) is 4.80 Å². The Labute approximate surface area is 237 Å². The van der Waals surface area contributed by atoms with Crippen LogP contribution in [0.2, 0.25) is 5.02 Å². The van der Waals surface area contributed by atoms with Gasteiger partial charge in [0.2, 0.25) is 5.76 Å². The Balaban J connectivity index is 1.56. The molecular formula is C29H23ClN2O7S. The number of carbonyl (C=O) groups excluding carboxylic acids is 2. The van der Waals surface area contributed by atoms with Gasteiger partial charge in [0.05, 0.1) is 34.7 Å². The van der Waals surface area contributed by atoms with E-state index in [1.165, 1.54) is 35.3 Å². The van der Waals surface area contributed by atoms with Crippen molar-refractivity contribution in [2.24, 2.45) is 4.99 Å². The zero-order chi connectivity index (χ0) is 28.2. The van der Waals surface area contributed by atoms with Crippen molar-refractivity contribution in [3.63, 3.8) is 0 Å². The predicted molar refractivity (Wildman–Crippen MR) is 148 cm³/mol. The van der Waals surface area contributed by atoms with E-state index in [2.05, 4.69) is 4.99 Å². The van der Waals surface area contributed by atoms with Crippen LogP contribution >= 0.6 is 22.9 Å². The highest BCUT2D eigenvalue weighted by atomic mass is 35.5. The fourth-order valence-electron chi connectivity index (χ4n) is 4.17. The average Bonchev–Trinajstić information content (AvgIpc) is 3.59. The highest BCUT2D eigenvalue weighted by Gasteiger charge is 2.33. The molecule has 1 unspecified atom stereocenters. The van der Waals surface area contributed by atoms with E-state index in [1.807, 2.05) is 12.1 Å². The minimum absolute atomic E-state index is 0.0431. The first-order chi connectivity index (χ1) is 19.4. The van der Waals surface area contributed by atoms with E-state index >= 15 is 0 Å². The smallest absolute Gasteiger partial charge is 0.379 e. The summed E-state index contributed by atoms with van der Waals surface area (Å²) in [4.78, 5) is 44.3. The van der Waals surface area contributed by atoms with E-state index in [0.29, 0.717) is 25.6 Å². The van der Waals surface area contributed by atoms with Crippen LogP contribution in [0.3, 0.4) is 0 Å². The Morgan fingerprint density at radius 3 is 2.50 bits per heavy atom. The predicted octanol–water partition coefficient (Wildman–Crippen LogP) is 3.89. The van der Waals surface area contributed by atoms with Gasteiger partial charge in [0.1, 0.15) is 12.4 Å². The van der Waals surface area contributed by atoms with Gasteiger partial charge in [-0.25, -0.2) is 14.6 Å². The lowest BCUT2D eigenvalue weighted by Gasteiger charge is -2.25. The largest absolute Gasteiger partial charge is 0.460 e. The molecule has 5 rings (SSSR count). The molecule has 0 fully saturated rings. The second-order valence-electron chi connectivity index (χ2n) is 8.70. The van der Waals surface area contributed by atoms with Crippen molar-refractivity contribution in [2.45, 2.75) is 13.0 Å². The van der Waals surface area contributed by atoms with Crippen molar-refractivity contribution >= 4 is 41.0 Å². The number of methoxy groups -OCH3 is 1. The molecule has 0 amide bonds. The standard InChI is InChI=1S/C29H23ClN2O7S/c1-17-24(28(35)38-15-14-36-2)25(19-7-11-21(12-8-19)39-27(34)22-4-3-13-37-22)32-26(33)23(40-29(32)31-17)16-18-5-9-20(30)10-6-18/h3-13,16,25H,14-15H2,1-2H3. The van der Waals surface area contributed by atoms with Gasteiger partial charge >= 0.3 is 11.9 Å². The number of ether oxygens (including phenoxy) is 3. The first kappa shape index (κ1) is 27.3. The van der Waals surface area contributed by atoms with Gasteiger partial charge < -0.3 is 18.6 Å². The van der Waals surface area contributed by atoms with Gasteiger partial charge in [-0.1, -0.05) is 47.2 Å². The van der Waals surface area contributed by atoms with E-state index in [-0.39, 0.29) is 35.9 Å². The Morgan fingerprint density at radius 1 is 1.07 bits per heavy atom. The first-order valence-corrected chi connectivity index (χ1v) is 13.3. The summed E-state index contributed by atoms with van der Waals surface area (Å²) < 4.78 is 22.8. The molecule has 3 heterocycles. The molecule has 1 atom stereocenters. The van der Waals surface area contributed by atoms with Crippen LogP contribution in [0.1, 0.15) is 34.6 Å². The molecule has 0 saturated carbocycles. The monoisotopic (exact) mass is 578 g/mol. The molecule has 204 valence electrons. The number of rotatable bonds is 8. The van der Waals surface area contributed by atoms with Gasteiger partial charge in [0, 0.05) is 12.1 Å². The summed E-state index contributed by atoms with van der Waals surface area (Å²) in [6, 6.07) is 15.9. The topological polar surface area (TPSA) is 109 Å². The number of aromatic nitrogens is 1. The molecule has 0 spiro atoms. The van der Waals surface area contributed by atoms with E-state index < -0.39 is 18.0 Å². The van der Waals surface area contributed by atoms with Crippen LogP contribution in [0, 0.1) is 0 Å². The van der Waals surface area contributed by atoms with Crippen LogP contribution in [0.4, 0.5) is 0 Å². The maximum atomic E-state index is 13.7. The van der Waals surface area contributed by atoms with Gasteiger partial charge in [-0.15, -0.1) is 0 Å². The van der Waals surface area contributed by atoms with Gasteiger partial charge in [0.25, 0.3) is 5.56 Å². The fourth-order valence-corrected chi connectivity index (χ4v) is 5.35. The van der Waals surface area contributed by atoms with Crippen molar-refractivity contribution < 1.29 is 28.2 Å². The molecule has 11 heteroatoms. The highest BCUT2D eigenvalue weighted by molar-refractivity contribution is 7.07. The second kappa shape index (κ2) is 11.9. The van der Waals surface area contributed by atoms with Crippen LogP contribution in [0.5, 0.6) is 5.75 Å². The molecule has 0 saturated heterocycles. The van der Waals surface area contributed by atoms with Gasteiger partial charge in [-0.3, -0.25) is 9.36 Å². The Kier molecular flexibility index (Phi) is 8.11. The number of furan rings is 1. The molecule has 1 aliphatic heterocycles. The molecule has 0 bridgehead atoms. The normalized spacial score (nSPS) is 15.0. The first-order valence-electron chi connectivity index (χ1n) is 12.2. The minimum atomic E-state index is -0.825. The van der Waals surface area contributed by atoms with Crippen LogP contribution in [-0.4, -0.2) is 36.8 Å². The van der Waals surface area contributed by atoms with Crippen LogP contribution < -0.4 is 19.6 Å². The molecule has 0 N–H and O–H groups in total. The number of carbonyl (C=O) groups is 2. The third-order valence-electron chi connectivity index (χ3n) is 6.06. The SMILES string of the molecule is COCCOC(=O)C1=C(C)N=c2sc(=Cc3ccc(Cl)cc3)c(=O)n2C1c1ccc(OC(=O)c2ccco2)cc1. The number of halogens is 1. The molecule has 2 aromatic heterocycles. The van der Waals surface area contributed by atoms with Crippen molar-refractivity contribution in [1.82, 2.24) is 4.57 Å². The number of esters is 2. The lowest BCUT2D eigenvalue weighted by atomic mass is 9.96. The zero-order valence-electron chi connectivity index (χ0n) is 21.5. The summed E-state index contributed by atoms with van der Waals surface area (Å²) in [5.74, 6) is -0.920. The maximum Gasteiger partial charge on any atom is 0.379 e. The minimum Gasteiger partial charge on any atom is -0.460 e. The number of allylic oxidation sites excluding steroid dienone is 1.